The Kier molecular flexibility index (Phi) is 5.42. The molecule has 0 saturated carbocycles. The molecule has 4 rings (SSSR count). The van der Waals surface area contributed by atoms with Gasteiger partial charge in [-0.05, 0) is 65.3 Å². The van der Waals surface area contributed by atoms with Gasteiger partial charge in [0, 0.05) is 16.5 Å². The average Bonchev–Trinajstić information content (AvgIpc) is 3.12. The lowest BCUT2D eigenvalue weighted by molar-refractivity contribution is 0.101. The van der Waals surface area contributed by atoms with Gasteiger partial charge < -0.3 is 14.5 Å². The molecule has 150 valence electrons. The van der Waals surface area contributed by atoms with Crippen LogP contribution in [0.1, 0.15) is 32.0 Å². The molecule has 3 aromatic carbocycles. The van der Waals surface area contributed by atoms with Crippen molar-refractivity contribution < 1.29 is 18.7 Å². The Labute approximate surface area is 181 Å². The van der Waals surface area contributed by atoms with E-state index in [0.717, 1.165) is 5.56 Å². The van der Waals surface area contributed by atoms with Gasteiger partial charge in [-0.25, -0.2) is 0 Å². The van der Waals surface area contributed by atoms with Crippen molar-refractivity contribution in [3.8, 4) is 5.75 Å². The average molecular weight is 464 g/mol. The molecule has 1 N–H and O–H groups in total. The van der Waals surface area contributed by atoms with Crippen molar-refractivity contribution in [2.24, 2.45) is 0 Å². The monoisotopic (exact) mass is 463 g/mol. The Bertz CT molecular complexity index is 1260. The molecule has 4 aromatic rings. The first-order valence-corrected chi connectivity index (χ1v) is 10.0. The van der Waals surface area contributed by atoms with Crippen molar-refractivity contribution in [1.82, 2.24) is 0 Å². The quantitative estimate of drug-likeness (QED) is 0.368. The highest BCUT2D eigenvalue weighted by Gasteiger charge is 2.24. The largest absolute Gasteiger partial charge is 0.496 e. The Morgan fingerprint density at radius 1 is 0.967 bits per heavy atom. The lowest BCUT2D eigenvalue weighted by Gasteiger charge is -2.08. The first-order valence-electron chi connectivity index (χ1n) is 9.25. The zero-order valence-corrected chi connectivity index (χ0v) is 17.9. The Balaban J connectivity index is 1.76. The number of benzene rings is 3. The van der Waals surface area contributed by atoms with E-state index in [1.54, 1.807) is 43.5 Å². The number of rotatable bonds is 5. The van der Waals surface area contributed by atoms with Gasteiger partial charge in [0.15, 0.2) is 5.76 Å². The van der Waals surface area contributed by atoms with Crippen LogP contribution in [0.3, 0.4) is 0 Å². The van der Waals surface area contributed by atoms with Crippen molar-refractivity contribution in [3.05, 3.63) is 93.7 Å². The maximum absolute atomic E-state index is 13.2. The van der Waals surface area contributed by atoms with Gasteiger partial charge in [0.2, 0.25) is 5.78 Å². The van der Waals surface area contributed by atoms with Crippen LogP contribution in [-0.4, -0.2) is 18.8 Å². The topological polar surface area (TPSA) is 68.5 Å². The number of hydrogen-bond acceptors (Lipinski definition) is 4. The third-order valence-corrected chi connectivity index (χ3v) is 5.39. The van der Waals surface area contributed by atoms with E-state index < -0.39 is 0 Å². The molecule has 0 unspecified atom stereocenters. The molecule has 6 heteroatoms. The lowest BCUT2D eigenvalue weighted by atomic mass is 10.1. The molecule has 0 aliphatic heterocycles. The van der Waals surface area contributed by atoms with Crippen LogP contribution in [0.15, 0.2) is 75.6 Å². The van der Waals surface area contributed by atoms with Crippen LogP contribution in [0, 0.1) is 6.92 Å². The summed E-state index contributed by atoms with van der Waals surface area (Å²) in [6.07, 6.45) is 0. The molecule has 0 radical (unpaired) electrons. The molecule has 5 nitrogen and oxygen atoms in total. The zero-order valence-electron chi connectivity index (χ0n) is 16.4. The van der Waals surface area contributed by atoms with Crippen molar-refractivity contribution in [3.63, 3.8) is 0 Å². The summed E-state index contributed by atoms with van der Waals surface area (Å²) in [5.74, 6) is 0.0399. The number of para-hydroxylation sites is 1. The fourth-order valence-electron chi connectivity index (χ4n) is 3.16. The number of ether oxygens (including phenoxy) is 1. The van der Waals surface area contributed by atoms with Gasteiger partial charge >= 0.3 is 0 Å². The summed E-state index contributed by atoms with van der Waals surface area (Å²) in [6, 6.07) is 19.5. The number of halogens is 1. The first kappa shape index (κ1) is 19.9. The van der Waals surface area contributed by atoms with Gasteiger partial charge in [-0.15, -0.1) is 0 Å². The number of furan rings is 1. The van der Waals surface area contributed by atoms with Crippen molar-refractivity contribution in [2.75, 3.05) is 12.4 Å². The van der Waals surface area contributed by atoms with E-state index in [1.165, 1.54) is 0 Å². The summed E-state index contributed by atoms with van der Waals surface area (Å²) < 4.78 is 11.7. The van der Waals surface area contributed by atoms with E-state index in [9.17, 15) is 9.59 Å². The molecular weight excluding hydrogens is 446 g/mol. The van der Waals surface area contributed by atoms with E-state index >= 15 is 0 Å². The molecule has 0 bridgehead atoms. The summed E-state index contributed by atoms with van der Waals surface area (Å²) in [6.45, 7) is 1.95. The van der Waals surface area contributed by atoms with Crippen LogP contribution in [0.5, 0.6) is 5.75 Å². The molecule has 1 amide bonds. The number of hydrogen-bond donors (Lipinski definition) is 1. The third kappa shape index (κ3) is 3.74. The summed E-state index contributed by atoms with van der Waals surface area (Å²) in [5, 5.41) is 3.53. The molecule has 0 spiro atoms. The normalized spacial score (nSPS) is 10.8. The Hall–Kier alpha value is -3.38. The molecule has 1 heterocycles. The maximum Gasteiger partial charge on any atom is 0.255 e. The summed E-state index contributed by atoms with van der Waals surface area (Å²) in [7, 11) is 1.56. The molecule has 0 saturated heterocycles. The predicted molar refractivity (Wildman–Crippen MR) is 119 cm³/mol. The van der Waals surface area contributed by atoms with E-state index in [1.807, 2.05) is 37.3 Å². The number of aryl methyl sites for hydroxylation is 1. The second kappa shape index (κ2) is 8.16. The standard InChI is InChI=1S/C24H18BrNO4/c1-14-7-9-15(10-8-14)24(28)26-21-17-5-3-4-6-19(17)30-23(21)22(27)16-11-12-20(29-2)18(25)13-16/h3-13H,1-2H3,(H,26,28). The van der Waals surface area contributed by atoms with Crippen LogP contribution >= 0.6 is 15.9 Å². The summed E-state index contributed by atoms with van der Waals surface area (Å²) >= 11 is 3.40. The van der Waals surface area contributed by atoms with Gasteiger partial charge in [0.1, 0.15) is 11.3 Å². The molecule has 0 aliphatic carbocycles. The summed E-state index contributed by atoms with van der Waals surface area (Å²) in [4.78, 5) is 26.1. The van der Waals surface area contributed by atoms with Crippen LogP contribution in [0.4, 0.5) is 5.69 Å². The second-order valence-electron chi connectivity index (χ2n) is 6.80. The van der Waals surface area contributed by atoms with Gasteiger partial charge in [-0.1, -0.05) is 29.8 Å². The molecule has 0 aliphatic rings. The highest BCUT2D eigenvalue weighted by Crippen LogP contribution is 2.34. The van der Waals surface area contributed by atoms with Gasteiger partial charge in [0.25, 0.3) is 5.91 Å². The first-order chi connectivity index (χ1) is 14.5. The van der Waals surface area contributed by atoms with Gasteiger partial charge in [-0.2, -0.15) is 0 Å². The number of nitrogens with one attached hydrogen (secondary N) is 1. The number of amides is 1. The number of anilines is 1. The minimum Gasteiger partial charge on any atom is -0.496 e. The molecular formula is C24H18BrNO4. The minimum absolute atomic E-state index is 0.0775. The minimum atomic E-state index is -0.339. The fraction of sp³-hybridized carbons (Fsp3) is 0.0833. The lowest BCUT2D eigenvalue weighted by Crippen LogP contribution is -2.14. The predicted octanol–water partition coefficient (Wildman–Crippen LogP) is 6.00. The molecule has 0 atom stereocenters. The van der Waals surface area contributed by atoms with E-state index in [2.05, 4.69) is 21.2 Å². The number of carbonyl (C=O) groups is 2. The van der Waals surface area contributed by atoms with Crippen molar-refractivity contribution in [2.45, 2.75) is 6.92 Å². The van der Waals surface area contributed by atoms with Gasteiger partial charge in [0.05, 0.1) is 17.3 Å². The molecule has 1 aromatic heterocycles. The fourth-order valence-corrected chi connectivity index (χ4v) is 3.70. The smallest absolute Gasteiger partial charge is 0.255 e. The van der Waals surface area contributed by atoms with E-state index in [4.69, 9.17) is 9.15 Å². The Morgan fingerprint density at radius 3 is 2.37 bits per heavy atom. The van der Waals surface area contributed by atoms with Crippen molar-refractivity contribution in [1.29, 1.82) is 0 Å². The number of carbonyl (C=O) groups excluding carboxylic acids is 2. The number of methoxy groups -OCH3 is 1. The highest BCUT2D eigenvalue weighted by atomic mass is 79.9. The molecule has 0 fully saturated rings. The van der Waals surface area contributed by atoms with Crippen LogP contribution in [0.25, 0.3) is 11.0 Å². The Morgan fingerprint density at radius 2 is 1.67 bits per heavy atom. The maximum atomic E-state index is 13.2. The van der Waals surface area contributed by atoms with Crippen LogP contribution in [0.2, 0.25) is 0 Å². The second-order valence-corrected chi connectivity index (χ2v) is 7.66. The molecule has 30 heavy (non-hydrogen) atoms. The third-order valence-electron chi connectivity index (χ3n) is 4.77. The van der Waals surface area contributed by atoms with Crippen molar-refractivity contribution >= 4 is 44.3 Å². The van der Waals surface area contributed by atoms with Gasteiger partial charge in [-0.3, -0.25) is 9.59 Å². The summed E-state index contributed by atoms with van der Waals surface area (Å²) in [5.41, 5.74) is 2.84. The van der Waals surface area contributed by atoms with Crippen LogP contribution in [-0.2, 0) is 0 Å². The van der Waals surface area contributed by atoms with Crippen LogP contribution < -0.4 is 10.1 Å². The van der Waals surface area contributed by atoms with E-state index in [-0.39, 0.29) is 17.5 Å². The zero-order chi connectivity index (χ0) is 21.3. The van der Waals surface area contributed by atoms with E-state index in [0.29, 0.717) is 38.0 Å². The highest BCUT2D eigenvalue weighted by molar-refractivity contribution is 9.10. The number of ketones is 1. The number of fused-ring (bicyclic) bond motifs is 1. The SMILES string of the molecule is COc1ccc(C(=O)c2oc3ccccc3c2NC(=O)c2ccc(C)cc2)cc1Br.